The summed E-state index contributed by atoms with van der Waals surface area (Å²) in [4.78, 5) is 0. The molecule has 0 bridgehead atoms. The van der Waals surface area contributed by atoms with E-state index in [-0.39, 0.29) is 0 Å². The second-order valence-corrected chi connectivity index (χ2v) is 17.3. The maximum atomic E-state index is 9.41. The highest BCUT2D eigenvalue weighted by Crippen LogP contribution is 2.19. The van der Waals surface area contributed by atoms with Crippen LogP contribution in [0.1, 0.15) is 5.56 Å². The maximum Gasteiger partial charge on any atom is 0.100 e. The zero-order valence-electron chi connectivity index (χ0n) is 11.5. The van der Waals surface area contributed by atoms with Crippen LogP contribution in [0.5, 0.6) is 0 Å². The van der Waals surface area contributed by atoms with E-state index in [1.807, 2.05) is 0 Å². The summed E-state index contributed by atoms with van der Waals surface area (Å²) in [5, 5.41) is 12.0. The average Bonchev–Trinajstić information content (AvgIpc) is 2.13. The number of hydrogen-bond acceptors (Lipinski definition) is 1. The van der Waals surface area contributed by atoms with Crippen LogP contribution in [-0.2, 0) is 0 Å². The predicted molar refractivity (Wildman–Crippen MR) is 84.8 cm³/mol. The van der Waals surface area contributed by atoms with Gasteiger partial charge in [0.1, 0.15) is 6.07 Å². The number of nitrogens with zero attached hydrogens (tertiary/aromatic N) is 1. The molecule has 1 aromatic carbocycles. The van der Waals surface area contributed by atoms with Gasteiger partial charge in [0.2, 0.25) is 0 Å². The van der Waals surface area contributed by atoms with E-state index in [2.05, 4.69) is 73.4 Å². The summed E-state index contributed by atoms with van der Waals surface area (Å²) in [6, 6.07) is 6.80. The number of halogens is 1. The van der Waals surface area contributed by atoms with Crippen LogP contribution in [-0.4, -0.2) is 16.1 Å². The monoisotopic (exact) mass is 325 g/mol. The molecule has 4 heteroatoms. The summed E-state index contributed by atoms with van der Waals surface area (Å²) in [7, 11) is -2.84. The van der Waals surface area contributed by atoms with Crippen molar-refractivity contribution in [1.82, 2.24) is 0 Å². The minimum atomic E-state index is -1.45. The van der Waals surface area contributed by atoms with Gasteiger partial charge in [-0.25, -0.2) is 0 Å². The Kier molecular flexibility index (Phi) is 4.07. The molecule has 0 spiro atoms. The fourth-order valence-electron chi connectivity index (χ4n) is 1.89. The van der Waals surface area contributed by atoms with Gasteiger partial charge in [0.05, 0.1) is 21.7 Å². The molecule has 0 radical (unpaired) electrons. The molecule has 17 heavy (non-hydrogen) atoms. The molecule has 0 fully saturated rings. The molecule has 0 aliphatic heterocycles. The number of nitriles is 1. The molecule has 1 aromatic rings. The summed E-state index contributed by atoms with van der Waals surface area (Å²) in [5.74, 6) is 0. The fourth-order valence-corrected chi connectivity index (χ4v) is 7.17. The molecule has 92 valence electrons. The van der Waals surface area contributed by atoms with Gasteiger partial charge < -0.3 is 0 Å². The van der Waals surface area contributed by atoms with Gasteiger partial charge in [-0.05, 0) is 26.3 Å². The van der Waals surface area contributed by atoms with Gasteiger partial charge in [0.25, 0.3) is 0 Å². The topological polar surface area (TPSA) is 23.8 Å². The first-order valence-electron chi connectivity index (χ1n) is 5.82. The van der Waals surface area contributed by atoms with Crippen LogP contribution in [0.4, 0.5) is 0 Å². The van der Waals surface area contributed by atoms with Crippen LogP contribution in [0.3, 0.4) is 0 Å². The van der Waals surface area contributed by atoms with E-state index in [1.54, 1.807) is 0 Å². The highest BCUT2D eigenvalue weighted by atomic mass is 79.9. The Morgan fingerprint density at radius 3 is 1.71 bits per heavy atom. The average molecular weight is 326 g/mol. The van der Waals surface area contributed by atoms with E-state index in [1.165, 1.54) is 10.4 Å². The number of rotatable bonds is 2. The van der Waals surface area contributed by atoms with Crippen molar-refractivity contribution in [2.24, 2.45) is 0 Å². The second-order valence-electron chi connectivity index (χ2n) is 6.46. The molecule has 1 nitrogen and oxygen atoms in total. The molecule has 0 aliphatic carbocycles. The molecule has 0 N–H and O–H groups in total. The lowest BCUT2D eigenvalue weighted by Gasteiger charge is -2.24. The predicted octanol–water partition coefficient (Wildman–Crippen LogP) is 3.41. The smallest absolute Gasteiger partial charge is 0.100 e. The Balaban J connectivity index is 3.56. The lowest BCUT2D eigenvalue weighted by molar-refractivity contribution is 1.48. The third-order valence-corrected chi connectivity index (χ3v) is 8.12. The van der Waals surface area contributed by atoms with Gasteiger partial charge in [-0.15, -0.1) is 0 Å². The molecule has 0 aromatic heterocycles. The Hall–Kier alpha value is -0.376. The van der Waals surface area contributed by atoms with E-state index in [0.717, 1.165) is 10.0 Å². The van der Waals surface area contributed by atoms with Crippen molar-refractivity contribution >= 4 is 42.5 Å². The Bertz CT molecular complexity index is 476. The number of hydrogen-bond donors (Lipinski definition) is 0. The van der Waals surface area contributed by atoms with Crippen molar-refractivity contribution in [1.29, 1.82) is 5.26 Å². The highest BCUT2D eigenvalue weighted by Gasteiger charge is 2.27. The number of benzene rings is 1. The van der Waals surface area contributed by atoms with E-state index < -0.39 is 16.1 Å². The molecule has 1 rings (SSSR count). The van der Waals surface area contributed by atoms with Gasteiger partial charge in [0.15, 0.2) is 0 Å². The molecular weight excluding hydrogens is 306 g/mol. The Labute approximate surface area is 115 Å². The van der Waals surface area contributed by atoms with Crippen molar-refractivity contribution in [2.45, 2.75) is 39.3 Å². The van der Waals surface area contributed by atoms with Crippen LogP contribution in [0, 0.1) is 11.3 Å². The molecule has 0 saturated carbocycles. The summed E-state index contributed by atoms with van der Waals surface area (Å²) in [6.07, 6.45) is 0. The minimum absolute atomic E-state index is 0.865. The largest absolute Gasteiger partial charge is 0.192 e. The molecule has 0 unspecified atom stereocenters. The van der Waals surface area contributed by atoms with E-state index >= 15 is 0 Å². The van der Waals surface area contributed by atoms with E-state index in [4.69, 9.17) is 0 Å². The quantitative estimate of drug-likeness (QED) is 0.764. The van der Waals surface area contributed by atoms with Gasteiger partial charge in [0, 0.05) is 4.47 Å². The summed E-state index contributed by atoms with van der Waals surface area (Å²) in [5.41, 5.74) is 0.865. The van der Waals surface area contributed by atoms with Crippen molar-refractivity contribution in [2.75, 3.05) is 0 Å². The third kappa shape index (κ3) is 3.09. The minimum Gasteiger partial charge on any atom is -0.192 e. The molecule has 0 amide bonds. The Morgan fingerprint density at radius 2 is 1.35 bits per heavy atom. The van der Waals surface area contributed by atoms with E-state index in [0.29, 0.717) is 0 Å². The van der Waals surface area contributed by atoms with Crippen molar-refractivity contribution in [3.05, 3.63) is 22.2 Å². The zero-order valence-corrected chi connectivity index (χ0v) is 15.1. The van der Waals surface area contributed by atoms with Gasteiger partial charge in [-0.3, -0.25) is 0 Å². The molecule has 0 atom stereocenters. The SMILES string of the molecule is C[Si](C)(C)c1ccc([Si](C)(C)C)c(C#N)c1Br. The van der Waals surface area contributed by atoms with Gasteiger partial charge in [-0.2, -0.15) is 5.26 Å². The highest BCUT2D eigenvalue weighted by molar-refractivity contribution is 9.10. The van der Waals surface area contributed by atoms with Crippen molar-refractivity contribution in [3.8, 4) is 6.07 Å². The van der Waals surface area contributed by atoms with Gasteiger partial charge in [-0.1, -0.05) is 51.4 Å². The molecule has 0 heterocycles. The van der Waals surface area contributed by atoms with Crippen LogP contribution in [0.15, 0.2) is 16.6 Å². The van der Waals surface area contributed by atoms with Crippen molar-refractivity contribution < 1.29 is 0 Å². The van der Waals surface area contributed by atoms with Gasteiger partial charge >= 0.3 is 0 Å². The first-order valence-corrected chi connectivity index (χ1v) is 13.6. The van der Waals surface area contributed by atoms with Crippen molar-refractivity contribution in [3.63, 3.8) is 0 Å². The van der Waals surface area contributed by atoms with Crippen LogP contribution in [0.2, 0.25) is 39.3 Å². The van der Waals surface area contributed by atoms with E-state index in [9.17, 15) is 5.26 Å². The summed E-state index contributed by atoms with van der Waals surface area (Å²) in [6.45, 7) is 13.8. The van der Waals surface area contributed by atoms with Crippen LogP contribution in [0.25, 0.3) is 0 Å². The summed E-state index contributed by atoms with van der Waals surface area (Å²) >= 11 is 3.65. The molecule has 0 aliphatic rings. The first-order chi connectivity index (χ1) is 7.59. The first kappa shape index (κ1) is 14.7. The standard InChI is InChI=1S/C13H20BrNSi2/c1-16(2,3)11-7-8-12(17(4,5)6)13(14)10(11)9-15/h7-8H,1-6H3. The maximum absolute atomic E-state index is 9.41. The second kappa shape index (κ2) is 4.71. The summed E-state index contributed by atoms with van der Waals surface area (Å²) < 4.78 is 1.04. The zero-order chi connectivity index (χ0) is 13.4. The molecule has 0 saturated heterocycles. The van der Waals surface area contributed by atoms with Crippen LogP contribution < -0.4 is 10.4 Å². The lowest BCUT2D eigenvalue weighted by Crippen LogP contribution is -2.45. The molecular formula is C13H20BrNSi2. The normalized spacial score (nSPS) is 12.4. The fraction of sp³-hybridized carbons (Fsp3) is 0.462. The lowest BCUT2D eigenvalue weighted by atomic mass is 10.2. The third-order valence-electron chi connectivity index (χ3n) is 2.87. The van der Waals surface area contributed by atoms with Crippen LogP contribution >= 0.6 is 15.9 Å². The Morgan fingerprint density at radius 1 is 0.941 bits per heavy atom.